The van der Waals surface area contributed by atoms with Gasteiger partial charge < -0.3 is 10.6 Å². The Hall–Kier alpha value is -2.10. The Balaban J connectivity index is 2.21. The molecular formula is C14H16N2O2. The number of allylic oxidation sites excluding steroid dienone is 2. The number of carbonyl (C=O) groups excluding carboxylic acids is 2. The highest BCUT2D eigenvalue weighted by molar-refractivity contribution is 5.99. The molecular weight excluding hydrogens is 228 g/mol. The number of amides is 2. The first-order valence-corrected chi connectivity index (χ1v) is 6.09. The number of hydrogen-bond acceptors (Lipinski definition) is 2. The number of nitrogens with one attached hydrogen (secondary N) is 2. The van der Waals surface area contributed by atoms with E-state index in [1.807, 2.05) is 24.3 Å². The summed E-state index contributed by atoms with van der Waals surface area (Å²) in [5.74, 6) is -0.0798. The minimum atomic E-state index is -0.0399. The van der Waals surface area contributed by atoms with E-state index in [0.717, 1.165) is 0 Å². The Kier molecular flexibility index (Phi) is 4.12. The van der Waals surface area contributed by atoms with Crippen LogP contribution in [-0.2, 0) is 9.59 Å². The van der Waals surface area contributed by atoms with Crippen LogP contribution in [0.2, 0.25) is 0 Å². The normalized spacial score (nSPS) is 18.7. The van der Waals surface area contributed by atoms with Crippen molar-refractivity contribution < 1.29 is 9.59 Å². The molecule has 94 valence electrons. The maximum atomic E-state index is 11.7. The molecule has 2 rings (SSSR count). The molecule has 1 heterocycles. The minimum Gasteiger partial charge on any atom is -0.324 e. The van der Waals surface area contributed by atoms with Gasteiger partial charge in [-0.05, 0) is 25.0 Å². The van der Waals surface area contributed by atoms with Crippen molar-refractivity contribution in [3.05, 3.63) is 36.4 Å². The second kappa shape index (κ2) is 6.00. The lowest BCUT2D eigenvalue weighted by Gasteiger charge is -2.12. The molecule has 2 amide bonds. The Morgan fingerprint density at radius 1 is 0.778 bits per heavy atom. The van der Waals surface area contributed by atoms with Crippen LogP contribution in [0, 0.1) is 0 Å². The average molecular weight is 244 g/mol. The van der Waals surface area contributed by atoms with Crippen LogP contribution in [0.25, 0.3) is 0 Å². The van der Waals surface area contributed by atoms with Crippen molar-refractivity contribution in [2.45, 2.75) is 25.7 Å². The van der Waals surface area contributed by atoms with Crippen LogP contribution in [0.3, 0.4) is 0 Å². The van der Waals surface area contributed by atoms with Crippen molar-refractivity contribution in [1.29, 1.82) is 0 Å². The number of para-hydroxylation sites is 2. The fourth-order valence-corrected chi connectivity index (χ4v) is 1.79. The van der Waals surface area contributed by atoms with Crippen LogP contribution in [0.5, 0.6) is 0 Å². The number of carbonyl (C=O) groups is 2. The summed E-state index contributed by atoms with van der Waals surface area (Å²) >= 11 is 0. The van der Waals surface area contributed by atoms with Crippen molar-refractivity contribution in [2.75, 3.05) is 10.6 Å². The fourth-order valence-electron chi connectivity index (χ4n) is 1.79. The first-order chi connectivity index (χ1) is 8.75. The minimum absolute atomic E-state index is 0.0399. The summed E-state index contributed by atoms with van der Waals surface area (Å²) < 4.78 is 0. The molecule has 2 N–H and O–H groups in total. The van der Waals surface area contributed by atoms with Gasteiger partial charge in [-0.25, -0.2) is 0 Å². The summed E-state index contributed by atoms with van der Waals surface area (Å²) in [6.07, 6.45) is 6.21. The Morgan fingerprint density at radius 3 is 1.67 bits per heavy atom. The zero-order chi connectivity index (χ0) is 12.8. The van der Waals surface area contributed by atoms with Crippen LogP contribution in [-0.4, -0.2) is 11.8 Å². The molecule has 1 aromatic carbocycles. The number of anilines is 2. The largest absolute Gasteiger partial charge is 0.324 e. The van der Waals surface area contributed by atoms with E-state index in [1.54, 1.807) is 12.1 Å². The molecule has 0 saturated carbocycles. The number of fused-ring (bicyclic) bond motifs is 1. The first-order valence-electron chi connectivity index (χ1n) is 6.09. The molecule has 1 aliphatic heterocycles. The maximum absolute atomic E-state index is 11.7. The third-order valence-corrected chi connectivity index (χ3v) is 2.72. The quantitative estimate of drug-likeness (QED) is 0.689. The van der Waals surface area contributed by atoms with E-state index in [-0.39, 0.29) is 11.8 Å². The summed E-state index contributed by atoms with van der Waals surface area (Å²) in [5.41, 5.74) is 1.31. The molecule has 0 spiro atoms. The van der Waals surface area contributed by atoms with Gasteiger partial charge in [-0.3, -0.25) is 9.59 Å². The van der Waals surface area contributed by atoms with Gasteiger partial charge in [0, 0.05) is 12.8 Å². The van der Waals surface area contributed by atoms with Crippen molar-refractivity contribution >= 4 is 23.2 Å². The molecule has 18 heavy (non-hydrogen) atoms. The third-order valence-electron chi connectivity index (χ3n) is 2.72. The van der Waals surface area contributed by atoms with Gasteiger partial charge in [0.25, 0.3) is 0 Å². The van der Waals surface area contributed by atoms with Gasteiger partial charge in [-0.15, -0.1) is 0 Å². The van der Waals surface area contributed by atoms with Crippen molar-refractivity contribution in [3.63, 3.8) is 0 Å². The highest BCUT2D eigenvalue weighted by Gasteiger charge is 2.09. The van der Waals surface area contributed by atoms with Gasteiger partial charge in [0.15, 0.2) is 0 Å². The molecule has 0 radical (unpaired) electrons. The van der Waals surface area contributed by atoms with Crippen molar-refractivity contribution in [2.24, 2.45) is 0 Å². The zero-order valence-electron chi connectivity index (χ0n) is 10.1. The molecule has 0 atom stereocenters. The molecule has 0 aliphatic carbocycles. The standard InChI is InChI=1S/C14H16N2O2/c17-13-9-3-1-2-4-10-14(18)16-12-8-6-5-7-11(12)15-13/h1-2,5-8H,3-4,9-10H2,(H,15,17)(H,16,18)/b2-1+. The van der Waals surface area contributed by atoms with Gasteiger partial charge in [0.1, 0.15) is 0 Å². The predicted octanol–water partition coefficient (Wildman–Crippen LogP) is 2.69. The second-order valence-corrected chi connectivity index (χ2v) is 4.19. The lowest BCUT2D eigenvalue weighted by atomic mass is 10.2. The monoisotopic (exact) mass is 244 g/mol. The van der Waals surface area contributed by atoms with Crippen molar-refractivity contribution in [3.8, 4) is 0 Å². The number of rotatable bonds is 0. The third kappa shape index (κ3) is 3.45. The summed E-state index contributed by atoms with van der Waals surface area (Å²) in [6.45, 7) is 0. The zero-order valence-corrected chi connectivity index (χ0v) is 10.1. The van der Waals surface area contributed by atoms with Gasteiger partial charge in [-0.2, -0.15) is 0 Å². The van der Waals surface area contributed by atoms with Crippen LogP contribution in [0.15, 0.2) is 36.4 Å². The van der Waals surface area contributed by atoms with E-state index in [4.69, 9.17) is 0 Å². The highest BCUT2D eigenvalue weighted by atomic mass is 16.2. The molecule has 4 nitrogen and oxygen atoms in total. The highest BCUT2D eigenvalue weighted by Crippen LogP contribution is 2.22. The van der Waals surface area contributed by atoms with E-state index in [2.05, 4.69) is 10.6 Å². The van der Waals surface area contributed by atoms with Crippen LogP contribution in [0.1, 0.15) is 25.7 Å². The van der Waals surface area contributed by atoms with E-state index >= 15 is 0 Å². The Morgan fingerprint density at radius 2 is 1.22 bits per heavy atom. The summed E-state index contributed by atoms with van der Waals surface area (Å²) in [7, 11) is 0. The molecule has 1 aromatic rings. The second-order valence-electron chi connectivity index (χ2n) is 4.19. The van der Waals surface area contributed by atoms with E-state index in [1.165, 1.54) is 0 Å². The molecule has 0 saturated heterocycles. The molecule has 4 heteroatoms. The van der Waals surface area contributed by atoms with Gasteiger partial charge in [0.05, 0.1) is 11.4 Å². The van der Waals surface area contributed by atoms with Crippen molar-refractivity contribution in [1.82, 2.24) is 0 Å². The lowest BCUT2D eigenvalue weighted by Crippen LogP contribution is -2.16. The molecule has 0 fully saturated rings. The average Bonchev–Trinajstić information content (AvgIpc) is 2.34. The Bertz CT molecular complexity index is 437. The summed E-state index contributed by atoms with van der Waals surface area (Å²) in [6, 6.07) is 7.23. The number of hydrogen-bond donors (Lipinski definition) is 2. The first kappa shape index (κ1) is 12.4. The topological polar surface area (TPSA) is 58.2 Å². The van der Waals surface area contributed by atoms with Gasteiger partial charge >= 0.3 is 0 Å². The smallest absolute Gasteiger partial charge is 0.224 e. The fraction of sp³-hybridized carbons (Fsp3) is 0.286. The van der Waals surface area contributed by atoms with Crippen LogP contribution in [0.4, 0.5) is 11.4 Å². The molecule has 0 aromatic heterocycles. The van der Waals surface area contributed by atoms with E-state index in [0.29, 0.717) is 37.1 Å². The predicted molar refractivity (Wildman–Crippen MR) is 71.3 cm³/mol. The summed E-state index contributed by atoms with van der Waals surface area (Å²) in [5, 5.41) is 5.62. The van der Waals surface area contributed by atoms with Crippen LogP contribution < -0.4 is 10.6 Å². The van der Waals surface area contributed by atoms with Crippen LogP contribution >= 0.6 is 0 Å². The molecule has 0 bridgehead atoms. The summed E-state index contributed by atoms with van der Waals surface area (Å²) in [4.78, 5) is 23.4. The van der Waals surface area contributed by atoms with E-state index < -0.39 is 0 Å². The van der Waals surface area contributed by atoms with Gasteiger partial charge in [-0.1, -0.05) is 24.3 Å². The molecule has 1 aliphatic rings. The Labute approximate surface area is 106 Å². The number of benzene rings is 1. The SMILES string of the molecule is O=C1CC/C=C/CCC(=O)Nc2ccccc2N1. The lowest BCUT2D eigenvalue weighted by molar-refractivity contribution is -0.117. The maximum Gasteiger partial charge on any atom is 0.224 e. The van der Waals surface area contributed by atoms with E-state index in [9.17, 15) is 9.59 Å². The molecule has 0 unspecified atom stereocenters. The van der Waals surface area contributed by atoms with Gasteiger partial charge in [0.2, 0.25) is 11.8 Å².